The normalized spacial score (nSPS) is 11.4. The zero-order valence-electron chi connectivity index (χ0n) is 14.6. The Balaban J connectivity index is 2.52. The van der Waals surface area contributed by atoms with Crippen molar-refractivity contribution in [3.63, 3.8) is 0 Å². The minimum absolute atomic E-state index is 0.0375. The van der Waals surface area contributed by atoms with Crippen molar-refractivity contribution in [3.05, 3.63) is 82.1 Å². The van der Waals surface area contributed by atoms with E-state index in [1.54, 1.807) is 6.92 Å². The predicted molar refractivity (Wildman–Crippen MR) is 97.2 cm³/mol. The highest BCUT2D eigenvalue weighted by molar-refractivity contribution is 6.08. The molecule has 148 valence electrons. The summed E-state index contributed by atoms with van der Waals surface area (Å²) < 4.78 is 5.19. The third-order valence-electron chi connectivity index (χ3n) is 4.22. The monoisotopic (exact) mass is 402 g/mol. The van der Waals surface area contributed by atoms with Crippen LogP contribution in [0, 0.1) is 40.5 Å². The zero-order chi connectivity index (χ0) is 21.5. The highest BCUT2D eigenvalue weighted by atomic mass is 16.6. The molecule has 0 fully saturated rings. The summed E-state index contributed by atoms with van der Waals surface area (Å²) in [4.78, 5) is 42.1. The Kier molecular flexibility index (Phi) is 4.64. The summed E-state index contributed by atoms with van der Waals surface area (Å²) in [6.45, 7) is 1.78. The van der Waals surface area contributed by atoms with Crippen LogP contribution in [-0.2, 0) is 4.74 Å². The summed E-state index contributed by atoms with van der Waals surface area (Å²) in [6, 6.07) is 3.42. The van der Waals surface area contributed by atoms with Crippen LogP contribution in [0.25, 0.3) is 16.7 Å². The predicted octanol–water partition coefficient (Wildman–Crippen LogP) is 3.73. The molecule has 1 aliphatic rings. The van der Waals surface area contributed by atoms with Crippen molar-refractivity contribution >= 4 is 28.3 Å². The lowest BCUT2D eigenvalue weighted by molar-refractivity contribution is -0.395. The van der Waals surface area contributed by atoms with Gasteiger partial charge in [0, 0.05) is 28.8 Å². The van der Waals surface area contributed by atoms with Crippen molar-refractivity contribution in [2.75, 3.05) is 6.61 Å². The van der Waals surface area contributed by atoms with Gasteiger partial charge in [0.2, 0.25) is 0 Å². The first-order valence-electron chi connectivity index (χ1n) is 7.93. The first-order valence-corrected chi connectivity index (χ1v) is 7.93. The Hall–Kier alpha value is -4.42. The second-order valence-corrected chi connectivity index (χ2v) is 5.79. The summed E-state index contributed by atoms with van der Waals surface area (Å²) in [7, 11) is 0. The molecule has 1 aliphatic carbocycles. The number of fused-ring (bicyclic) bond motifs is 3. The van der Waals surface area contributed by atoms with Crippen LogP contribution < -0.4 is 0 Å². The SMILES string of the molecule is CCOC=C1c2cc([N+](=O)[O-])cc([N+](=O)[O-])c2-c2c1cc([N+](=O)[O-])cc2[N+](=O)[O-]. The number of hydrogen-bond acceptors (Lipinski definition) is 9. The topological polar surface area (TPSA) is 182 Å². The van der Waals surface area contributed by atoms with E-state index in [1.807, 2.05) is 0 Å². The van der Waals surface area contributed by atoms with Gasteiger partial charge in [-0.25, -0.2) is 0 Å². The van der Waals surface area contributed by atoms with Crippen molar-refractivity contribution in [2.24, 2.45) is 0 Å². The number of hydrogen-bond donors (Lipinski definition) is 0. The molecule has 2 aromatic rings. The lowest BCUT2D eigenvalue weighted by atomic mass is 10.0. The van der Waals surface area contributed by atoms with Crippen LogP contribution >= 0.6 is 0 Å². The summed E-state index contributed by atoms with van der Waals surface area (Å²) >= 11 is 0. The molecule has 0 spiro atoms. The molecule has 13 nitrogen and oxygen atoms in total. The van der Waals surface area contributed by atoms with Gasteiger partial charge in [-0.2, -0.15) is 0 Å². The minimum Gasteiger partial charge on any atom is -0.501 e. The van der Waals surface area contributed by atoms with E-state index >= 15 is 0 Å². The molecule has 0 unspecified atom stereocenters. The zero-order valence-corrected chi connectivity index (χ0v) is 14.6. The first-order chi connectivity index (χ1) is 13.7. The smallest absolute Gasteiger partial charge is 0.284 e. The van der Waals surface area contributed by atoms with Crippen LogP contribution in [0.4, 0.5) is 22.7 Å². The molecule has 0 heterocycles. The van der Waals surface area contributed by atoms with Gasteiger partial charge in [0.15, 0.2) is 0 Å². The third-order valence-corrected chi connectivity index (χ3v) is 4.22. The molecule has 0 aromatic heterocycles. The van der Waals surface area contributed by atoms with Gasteiger partial charge in [-0.3, -0.25) is 40.5 Å². The molecule has 0 saturated heterocycles. The number of ether oxygens (including phenoxy) is 1. The van der Waals surface area contributed by atoms with Crippen LogP contribution in [0.5, 0.6) is 0 Å². The lowest BCUT2D eigenvalue weighted by Crippen LogP contribution is -1.99. The fraction of sp³-hybridized carbons (Fsp3) is 0.125. The van der Waals surface area contributed by atoms with Crippen LogP contribution in [0.15, 0.2) is 30.5 Å². The number of nitro groups is 4. The van der Waals surface area contributed by atoms with Crippen LogP contribution in [-0.4, -0.2) is 26.3 Å². The van der Waals surface area contributed by atoms with Crippen molar-refractivity contribution < 1.29 is 24.4 Å². The molecular weight excluding hydrogens is 392 g/mol. The van der Waals surface area contributed by atoms with E-state index in [4.69, 9.17) is 4.74 Å². The Labute approximate surface area is 160 Å². The van der Waals surface area contributed by atoms with Gasteiger partial charge in [-0.1, -0.05) is 0 Å². The fourth-order valence-electron chi connectivity index (χ4n) is 3.11. The Morgan fingerprint density at radius 3 is 1.48 bits per heavy atom. The summed E-state index contributed by atoms with van der Waals surface area (Å²) in [6.07, 6.45) is 1.12. The van der Waals surface area contributed by atoms with Gasteiger partial charge in [-0.15, -0.1) is 0 Å². The Bertz CT molecular complexity index is 1060. The maximum atomic E-state index is 11.6. The van der Waals surface area contributed by atoms with Crippen LogP contribution in [0.2, 0.25) is 0 Å². The highest BCUT2D eigenvalue weighted by Crippen LogP contribution is 2.54. The van der Waals surface area contributed by atoms with Crippen LogP contribution in [0.1, 0.15) is 18.1 Å². The fourth-order valence-corrected chi connectivity index (χ4v) is 3.11. The van der Waals surface area contributed by atoms with Gasteiger partial charge in [-0.05, 0) is 6.92 Å². The van der Waals surface area contributed by atoms with E-state index in [1.165, 1.54) is 0 Å². The highest BCUT2D eigenvalue weighted by Gasteiger charge is 2.40. The lowest BCUT2D eigenvalue weighted by Gasteiger charge is -2.04. The van der Waals surface area contributed by atoms with E-state index in [-0.39, 0.29) is 34.4 Å². The number of non-ortho nitro benzene ring substituents is 2. The maximum Gasteiger partial charge on any atom is 0.284 e. The molecular formula is C16H10N4O9. The molecule has 0 radical (unpaired) electrons. The molecule has 13 heteroatoms. The van der Waals surface area contributed by atoms with E-state index in [0.29, 0.717) is 12.1 Å². The molecule has 0 aliphatic heterocycles. The Morgan fingerprint density at radius 1 is 0.759 bits per heavy atom. The quantitative estimate of drug-likeness (QED) is 0.337. The van der Waals surface area contributed by atoms with E-state index in [2.05, 4.69) is 0 Å². The number of benzene rings is 2. The second kappa shape index (κ2) is 6.95. The number of rotatable bonds is 6. The molecule has 0 atom stereocenters. The summed E-state index contributed by atoms with van der Waals surface area (Å²) in [5.41, 5.74) is -3.22. The Morgan fingerprint density at radius 2 is 1.17 bits per heavy atom. The molecule has 29 heavy (non-hydrogen) atoms. The molecule has 3 rings (SSSR count). The van der Waals surface area contributed by atoms with Gasteiger partial charge in [0.05, 0.1) is 55.8 Å². The average Bonchev–Trinajstić information content (AvgIpc) is 2.97. The average molecular weight is 402 g/mol. The van der Waals surface area contributed by atoms with Gasteiger partial charge in [0.25, 0.3) is 22.7 Å². The summed E-state index contributed by atoms with van der Waals surface area (Å²) in [5, 5.41) is 45.6. The molecule has 2 aromatic carbocycles. The van der Waals surface area contributed by atoms with Crippen molar-refractivity contribution in [2.45, 2.75) is 6.92 Å². The largest absolute Gasteiger partial charge is 0.501 e. The van der Waals surface area contributed by atoms with Gasteiger partial charge in [0.1, 0.15) is 0 Å². The third kappa shape index (κ3) is 3.09. The molecule has 0 saturated carbocycles. The van der Waals surface area contributed by atoms with E-state index in [9.17, 15) is 40.5 Å². The second-order valence-electron chi connectivity index (χ2n) is 5.79. The molecule has 0 N–H and O–H groups in total. The summed E-state index contributed by atoms with van der Waals surface area (Å²) in [5.74, 6) is 0. The van der Waals surface area contributed by atoms with Crippen LogP contribution in [0.3, 0.4) is 0 Å². The van der Waals surface area contributed by atoms with E-state index < -0.39 is 42.4 Å². The van der Waals surface area contributed by atoms with E-state index in [0.717, 1.165) is 18.4 Å². The van der Waals surface area contributed by atoms with Crippen molar-refractivity contribution in [3.8, 4) is 11.1 Å². The number of nitro benzene ring substituents is 4. The van der Waals surface area contributed by atoms with Crippen molar-refractivity contribution in [1.29, 1.82) is 0 Å². The maximum absolute atomic E-state index is 11.6. The van der Waals surface area contributed by atoms with Gasteiger partial charge >= 0.3 is 0 Å². The minimum atomic E-state index is -0.898. The molecule has 0 amide bonds. The van der Waals surface area contributed by atoms with Gasteiger partial charge < -0.3 is 4.74 Å². The standard InChI is InChI=1S/C16H10N4O9/c1-2-29-7-12-10-3-8(17(21)22)5-13(19(25)26)15(10)16-11(12)4-9(18(23)24)6-14(16)20(27)28/h3-7H,2H2,1H3. The first kappa shape index (κ1) is 19.3. The number of nitrogens with zero attached hydrogens (tertiary/aromatic N) is 4. The molecule has 0 bridgehead atoms. The van der Waals surface area contributed by atoms with Crippen molar-refractivity contribution in [1.82, 2.24) is 0 Å².